The molecule has 2 atom stereocenters. The van der Waals surface area contributed by atoms with Crippen molar-refractivity contribution in [2.24, 2.45) is 21.8 Å². The molecule has 0 radical (unpaired) electrons. The van der Waals surface area contributed by atoms with Gasteiger partial charge in [-0.25, -0.2) is 4.98 Å². The first-order valence-electron chi connectivity index (χ1n) is 12.1. The molecular formula is C27H34F2N4O3. The number of aliphatic imine (C=N–C) groups is 2. The third-order valence-corrected chi connectivity index (χ3v) is 6.34. The molecule has 1 aromatic carbocycles. The van der Waals surface area contributed by atoms with Gasteiger partial charge in [-0.15, -0.1) is 0 Å². The Kier molecular flexibility index (Phi) is 8.55. The summed E-state index contributed by atoms with van der Waals surface area (Å²) in [5.74, 6) is 0.577. The van der Waals surface area contributed by atoms with Gasteiger partial charge in [0.25, 0.3) is 0 Å². The van der Waals surface area contributed by atoms with Crippen LogP contribution in [0.1, 0.15) is 57.9 Å². The van der Waals surface area contributed by atoms with Gasteiger partial charge in [0.05, 0.1) is 0 Å². The maximum atomic E-state index is 14.5. The number of oxazole rings is 1. The number of aliphatic hydroxyl groups is 1. The van der Waals surface area contributed by atoms with E-state index in [1.54, 1.807) is 19.2 Å². The van der Waals surface area contributed by atoms with Crippen LogP contribution < -0.4 is 4.74 Å². The molecule has 0 amide bonds. The second-order valence-electron chi connectivity index (χ2n) is 9.53. The number of nitrogens with one attached hydrogen (secondary N) is 1. The number of aromatic nitrogens is 1. The molecule has 1 saturated carbocycles. The summed E-state index contributed by atoms with van der Waals surface area (Å²) >= 11 is 0. The van der Waals surface area contributed by atoms with Gasteiger partial charge in [0, 0.05) is 48.8 Å². The van der Waals surface area contributed by atoms with E-state index in [1.165, 1.54) is 18.5 Å². The number of halogens is 2. The van der Waals surface area contributed by atoms with Gasteiger partial charge < -0.3 is 19.7 Å². The normalized spacial score (nSPS) is 19.5. The molecule has 2 N–H and O–H groups in total. The van der Waals surface area contributed by atoms with Gasteiger partial charge in [-0.1, -0.05) is 25.6 Å². The predicted octanol–water partition coefficient (Wildman–Crippen LogP) is 6.26. The minimum atomic E-state index is -3.86. The van der Waals surface area contributed by atoms with Crippen molar-refractivity contribution in [1.29, 1.82) is 5.41 Å². The Labute approximate surface area is 210 Å². The standard InChI is InChI=1S/C27H34F2N4O3/c1-6-18-10-11-19(23(18)30)8-7-9-22-33-24-21(36-27(28,29)26(3,4)34)13-12-20(25(24)35-22)16-17(2)32-15-14-31-5/h7,9,12-15,18-19,30,34H,2,6,8,10-11,16H2,1,3-5H3/b9-7+,30-23?,31-14?,32-15?. The number of hydrogen-bond acceptors (Lipinski definition) is 7. The summed E-state index contributed by atoms with van der Waals surface area (Å²) in [4.78, 5) is 12.4. The smallest absolute Gasteiger partial charge is 0.426 e. The Morgan fingerprint density at radius 1 is 1.31 bits per heavy atom. The first kappa shape index (κ1) is 27.4. The van der Waals surface area contributed by atoms with Crippen molar-refractivity contribution in [3.63, 3.8) is 0 Å². The Morgan fingerprint density at radius 2 is 2.03 bits per heavy atom. The molecule has 1 aromatic heterocycles. The van der Waals surface area contributed by atoms with Gasteiger partial charge >= 0.3 is 6.11 Å². The fourth-order valence-corrected chi connectivity index (χ4v) is 4.13. The Balaban J connectivity index is 1.91. The number of ether oxygens (including phenoxy) is 1. The average Bonchev–Trinajstić information content (AvgIpc) is 3.39. The highest BCUT2D eigenvalue weighted by Crippen LogP contribution is 2.37. The zero-order chi connectivity index (χ0) is 26.5. The summed E-state index contributed by atoms with van der Waals surface area (Å²) in [6.07, 6.45) is 6.75. The molecule has 2 unspecified atom stereocenters. The highest BCUT2D eigenvalue weighted by atomic mass is 19.3. The molecule has 7 nitrogen and oxygen atoms in total. The number of alkyl halides is 2. The van der Waals surface area contributed by atoms with Crippen LogP contribution in [0.25, 0.3) is 17.2 Å². The molecule has 0 bridgehead atoms. The quantitative estimate of drug-likeness (QED) is 0.356. The lowest BCUT2D eigenvalue weighted by molar-refractivity contribution is -0.275. The van der Waals surface area contributed by atoms with Crippen LogP contribution in [0.3, 0.4) is 0 Å². The van der Waals surface area contributed by atoms with E-state index in [4.69, 9.17) is 14.6 Å². The highest BCUT2D eigenvalue weighted by Gasteiger charge is 2.49. The first-order chi connectivity index (χ1) is 17.0. The van der Waals surface area contributed by atoms with E-state index in [2.05, 4.69) is 28.5 Å². The zero-order valence-corrected chi connectivity index (χ0v) is 21.2. The minimum absolute atomic E-state index is 0.114. The van der Waals surface area contributed by atoms with E-state index < -0.39 is 11.7 Å². The number of hydrogen-bond donors (Lipinski definition) is 2. The summed E-state index contributed by atoms with van der Waals surface area (Å²) in [7, 11) is 1.63. The van der Waals surface area contributed by atoms with Gasteiger partial charge in [-0.05, 0) is 57.6 Å². The maximum Gasteiger partial charge on any atom is 0.426 e. The summed E-state index contributed by atoms with van der Waals surface area (Å²) < 4.78 is 39.9. The number of fused-ring (bicyclic) bond motifs is 1. The van der Waals surface area contributed by atoms with E-state index in [0.717, 1.165) is 38.8 Å². The monoisotopic (exact) mass is 500 g/mol. The number of benzene rings is 1. The zero-order valence-electron chi connectivity index (χ0n) is 21.2. The van der Waals surface area contributed by atoms with E-state index in [9.17, 15) is 13.9 Å². The third-order valence-electron chi connectivity index (χ3n) is 6.34. The van der Waals surface area contributed by atoms with Gasteiger partial charge in [-0.3, -0.25) is 9.98 Å². The summed E-state index contributed by atoms with van der Waals surface area (Å²) in [6.45, 7) is 7.97. The SMILES string of the molecule is C=C(Cc1ccc(OC(F)(F)C(C)(C)O)c2nc(/C=C/CC3CCC(CC)C3=N)oc12)N=CC=NC. The molecule has 2 aromatic rings. The van der Waals surface area contributed by atoms with Crippen molar-refractivity contribution in [2.45, 2.75) is 64.6 Å². The summed E-state index contributed by atoms with van der Waals surface area (Å²) in [6, 6.07) is 2.97. The van der Waals surface area contributed by atoms with Gasteiger partial charge in [0.1, 0.15) is 0 Å². The van der Waals surface area contributed by atoms with Crippen LogP contribution in [0, 0.1) is 17.2 Å². The first-order valence-corrected chi connectivity index (χ1v) is 12.1. The lowest BCUT2D eigenvalue weighted by Crippen LogP contribution is -2.47. The van der Waals surface area contributed by atoms with E-state index in [-0.39, 0.29) is 28.7 Å². The Hall–Kier alpha value is -3.20. The Morgan fingerprint density at radius 3 is 2.67 bits per heavy atom. The second-order valence-corrected chi connectivity index (χ2v) is 9.53. The largest absolute Gasteiger partial charge is 0.436 e. The van der Waals surface area contributed by atoms with Crippen LogP contribution in [0.4, 0.5) is 8.78 Å². The fraction of sp³-hybridized carbons (Fsp3) is 0.481. The van der Waals surface area contributed by atoms with Gasteiger partial charge in [0.2, 0.25) is 5.89 Å². The maximum absolute atomic E-state index is 14.5. The molecule has 36 heavy (non-hydrogen) atoms. The lowest BCUT2D eigenvalue weighted by Gasteiger charge is -2.28. The van der Waals surface area contributed by atoms with Crippen LogP contribution in [0.2, 0.25) is 0 Å². The van der Waals surface area contributed by atoms with Crippen LogP contribution in [0.5, 0.6) is 5.75 Å². The van der Waals surface area contributed by atoms with Crippen LogP contribution in [0.15, 0.2) is 44.9 Å². The number of rotatable bonds is 11. The topological polar surface area (TPSA) is 104 Å². The summed E-state index contributed by atoms with van der Waals surface area (Å²) in [5.41, 5.74) is -0.0585. The number of allylic oxidation sites excluding steroid dienone is 2. The van der Waals surface area contributed by atoms with Crippen LogP contribution in [-0.2, 0) is 6.42 Å². The van der Waals surface area contributed by atoms with Crippen LogP contribution in [-0.4, -0.2) is 47.0 Å². The van der Waals surface area contributed by atoms with Gasteiger partial charge in [0.15, 0.2) is 22.5 Å². The Bertz CT molecular complexity index is 1190. The molecule has 0 saturated heterocycles. The molecule has 1 heterocycles. The lowest BCUT2D eigenvalue weighted by atomic mass is 9.97. The van der Waals surface area contributed by atoms with Crippen LogP contribution >= 0.6 is 0 Å². The molecule has 3 rings (SSSR count). The van der Waals surface area contributed by atoms with Crippen molar-refractivity contribution in [3.8, 4) is 5.75 Å². The minimum Gasteiger partial charge on any atom is -0.436 e. The van der Waals surface area contributed by atoms with E-state index in [1.807, 2.05) is 6.08 Å². The molecular weight excluding hydrogens is 466 g/mol. The molecule has 0 spiro atoms. The molecule has 1 fully saturated rings. The predicted molar refractivity (Wildman–Crippen MR) is 140 cm³/mol. The van der Waals surface area contributed by atoms with Crippen molar-refractivity contribution >= 4 is 35.3 Å². The van der Waals surface area contributed by atoms with Crippen molar-refractivity contribution < 1.29 is 23.0 Å². The van der Waals surface area contributed by atoms with Crippen molar-refractivity contribution in [1.82, 2.24) is 4.98 Å². The van der Waals surface area contributed by atoms with E-state index in [0.29, 0.717) is 30.0 Å². The highest BCUT2D eigenvalue weighted by molar-refractivity contribution is 6.16. The fourth-order valence-electron chi connectivity index (χ4n) is 4.13. The molecule has 1 aliphatic carbocycles. The molecule has 194 valence electrons. The average molecular weight is 501 g/mol. The van der Waals surface area contributed by atoms with E-state index >= 15 is 0 Å². The molecule has 0 aliphatic heterocycles. The number of nitrogens with zero attached hydrogens (tertiary/aromatic N) is 3. The molecule has 1 aliphatic rings. The third kappa shape index (κ3) is 6.32. The molecule has 9 heteroatoms. The second kappa shape index (κ2) is 11.2. The summed E-state index contributed by atoms with van der Waals surface area (Å²) in [5, 5.41) is 18.2. The van der Waals surface area contributed by atoms with Crippen molar-refractivity contribution in [2.75, 3.05) is 7.05 Å². The van der Waals surface area contributed by atoms with Gasteiger partial charge in [-0.2, -0.15) is 8.78 Å². The van der Waals surface area contributed by atoms with Crippen molar-refractivity contribution in [3.05, 3.63) is 41.9 Å².